The molecule has 3 rings (SSSR count). The zero-order chi connectivity index (χ0) is 19.8. The van der Waals surface area contributed by atoms with Gasteiger partial charge in [-0.15, -0.1) is 0 Å². The van der Waals surface area contributed by atoms with Crippen LogP contribution in [0.3, 0.4) is 0 Å². The van der Waals surface area contributed by atoms with E-state index in [9.17, 15) is 14.4 Å². The lowest BCUT2D eigenvalue weighted by Crippen LogP contribution is -2.41. The number of likely N-dealkylation sites (tertiary alicyclic amines) is 1. The van der Waals surface area contributed by atoms with Gasteiger partial charge in [0.15, 0.2) is 5.69 Å². The fourth-order valence-electron chi connectivity index (χ4n) is 3.20. The minimum absolute atomic E-state index is 0.0406. The normalized spacial score (nSPS) is 15.8. The Balaban J connectivity index is 1.81. The maximum atomic E-state index is 12.2. The number of hydrogen-bond donors (Lipinski definition) is 1. The van der Waals surface area contributed by atoms with Crippen LogP contribution in [0.25, 0.3) is 5.65 Å². The molecule has 1 fully saturated rings. The van der Waals surface area contributed by atoms with Crippen LogP contribution in [0.5, 0.6) is 0 Å². The van der Waals surface area contributed by atoms with E-state index in [4.69, 9.17) is 9.47 Å². The minimum atomic E-state index is -0.565. The number of nitrogens with zero attached hydrogens (tertiary/aromatic N) is 3. The lowest BCUT2D eigenvalue weighted by atomic mass is 9.93. The van der Waals surface area contributed by atoms with E-state index in [0.717, 1.165) is 0 Å². The lowest BCUT2D eigenvalue weighted by molar-refractivity contribution is 0.0203. The third kappa shape index (κ3) is 4.12. The first-order valence-corrected chi connectivity index (χ1v) is 8.87. The summed E-state index contributed by atoms with van der Waals surface area (Å²) in [5, 5.41) is 4.27. The predicted molar refractivity (Wildman–Crippen MR) is 96.9 cm³/mol. The molecule has 0 aromatic carbocycles. The topological polar surface area (TPSA) is 106 Å². The van der Waals surface area contributed by atoms with Crippen LogP contribution in [-0.2, 0) is 9.47 Å². The molecule has 0 radical (unpaired) electrons. The number of ether oxygens (including phenoxy) is 2. The van der Waals surface area contributed by atoms with Gasteiger partial charge in [-0.3, -0.25) is 4.79 Å². The van der Waals surface area contributed by atoms with Gasteiger partial charge in [0.2, 0.25) is 0 Å². The maximum Gasteiger partial charge on any atom is 0.410 e. The number of methoxy groups -OCH3 is 1. The standard InChI is InChI=1S/C18H24N4O5/c1-18(2,3)27-17(25)21-7-5-11(6-8-21)13-10-15(23)19-14-9-12(16(24)26-4)20-22(13)14/h9-11H,5-8H2,1-4H3,(H,19,23). The van der Waals surface area contributed by atoms with Gasteiger partial charge in [-0.1, -0.05) is 0 Å². The summed E-state index contributed by atoms with van der Waals surface area (Å²) in [7, 11) is 1.28. The number of aromatic amines is 1. The molecule has 0 spiro atoms. The number of H-pyrrole nitrogens is 1. The molecule has 0 atom stereocenters. The molecule has 1 amide bonds. The number of carbonyl (C=O) groups excluding carboxylic acids is 2. The molecule has 0 bridgehead atoms. The SMILES string of the molecule is COC(=O)c1cc2[nH]c(=O)cc(C3CCN(C(=O)OC(C)(C)C)CC3)n2n1. The van der Waals surface area contributed by atoms with E-state index in [-0.39, 0.29) is 23.3 Å². The van der Waals surface area contributed by atoms with Gasteiger partial charge in [0.25, 0.3) is 5.56 Å². The van der Waals surface area contributed by atoms with Crippen molar-refractivity contribution < 1.29 is 19.1 Å². The Labute approximate surface area is 156 Å². The first-order chi connectivity index (χ1) is 12.7. The van der Waals surface area contributed by atoms with Crippen molar-refractivity contribution in [2.45, 2.75) is 45.1 Å². The fraction of sp³-hybridized carbons (Fsp3) is 0.556. The Hall–Kier alpha value is -2.84. The summed E-state index contributed by atoms with van der Waals surface area (Å²) >= 11 is 0. The number of amides is 1. The van der Waals surface area contributed by atoms with Crippen molar-refractivity contribution in [1.29, 1.82) is 0 Å². The highest BCUT2D eigenvalue weighted by molar-refractivity contribution is 5.88. The molecule has 2 aromatic rings. The van der Waals surface area contributed by atoms with Crippen molar-refractivity contribution in [3.63, 3.8) is 0 Å². The zero-order valence-electron chi connectivity index (χ0n) is 15.9. The molecule has 3 heterocycles. The highest BCUT2D eigenvalue weighted by Gasteiger charge is 2.29. The van der Waals surface area contributed by atoms with Gasteiger partial charge in [0.1, 0.15) is 11.2 Å². The molecule has 2 aromatic heterocycles. The van der Waals surface area contributed by atoms with Crippen molar-refractivity contribution in [3.05, 3.63) is 33.9 Å². The number of hydrogen-bond acceptors (Lipinski definition) is 6. The van der Waals surface area contributed by atoms with E-state index in [0.29, 0.717) is 37.3 Å². The summed E-state index contributed by atoms with van der Waals surface area (Å²) in [6.07, 6.45) is 1.01. The monoisotopic (exact) mass is 376 g/mol. The number of carbonyl (C=O) groups is 2. The fourth-order valence-corrected chi connectivity index (χ4v) is 3.20. The molecule has 9 heteroatoms. The van der Waals surface area contributed by atoms with Gasteiger partial charge in [-0.2, -0.15) is 5.10 Å². The predicted octanol–water partition coefficient (Wildman–Crippen LogP) is 1.92. The molecule has 27 heavy (non-hydrogen) atoms. The highest BCUT2D eigenvalue weighted by Crippen LogP contribution is 2.28. The highest BCUT2D eigenvalue weighted by atomic mass is 16.6. The number of aromatic nitrogens is 3. The van der Waals surface area contributed by atoms with Crippen molar-refractivity contribution in [3.8, 4) is 0 Å². The first kappa shape index (κ1) is 18.9. The van der Waals surface area contributed by atoms with Crippen molar-refractivity contribution in [1.82, 2.24) is 19.5 Å². The Morgan fingerprint density at radius 2 is 1.89 bits per heavy atom. The summed E-state index contributed by atoms with van der Waals surface area (Å²) in [4.78, 5) is 40.3. The number of piperidine rings is 1. The molecule has 1 saturated heterocycles. The van der Waals surface area contributed by atoms with Crippen molar-refractivity contribution in [2.24, 2.45) is 0 Å². The molecule has 0 saturated carbocycles. The summed E-state index contributed by atoms with van der Waals surface area (Å²) in [5.74, 6) is -0.524. The molecule has 1 aliphatic heterocycles. The van der Waals surface area contributed by atoms with Crippen molar-refractivity contribution >= 4 is 17.7 Å². The van der Waals surface area contributed by atoms with Crippen LogP contribution < -0.4 is 5.56 Å². The second-order valence-electron chi connectivity index (χ2n) is 7.62. The van der Waals surface area contributed by atoms with Crippen LogP contribution in [0.1, 0.15) is 55.7 Å². The van der Waals surface area contributed by atoms with Gasteiger partial charge in [0, 0.05) is 31.1 Å². The Morgan fingerprint density at radius 1 is 1.22 bits per heavy atom. The summed E-state index contributed by atoms with van der Waals surface area (Å²) in [5.41, 5.74) is 0.488. The van der Waals surface area contributed by atoms with Gasteiger partial charge in [-0.05, 0) is 33.6 Å². The third-order valence-corrected chi connectivity index (χ3v) is 4.44. The van der Waals surface area contributed by atoms with E-state index in [1.807, 2.05) is 20.8 Å². The average Bonchev–Trinajstić information content (AvgIpc) is 3.02. The van der Waals surface area contributed by atoms with Crippen molar-refractivity contribution in [2.75, 3.05) is 20.2 Å². The van der Waals surface area contributed by atoms with Gasteiger partial charge < -0.3 is 19.4 Å². The number of esters is 1. The van der Waals surface area contributed by atoms with Crippen LogP contribution in [0.15, 0.2) is 16.9 Å². The molecular weight excluding hydrogens is 352 g/mol. The summed E-state index contributed by atoms with van der Waals surface area (Å²) in [6, 6.07) is 2.99. The molecule has 0 unspecified atom stereocenters. The molecule has 1 N–H and O–H groups in total. The smallest absolute Gasteiger partial charge is 0.410 e. The van der Waals surface area contributed by atoms with Crippen LogP contribution in [-0.4, -0.2) is 57.4 Å². The minimum Gasteiger partial charge on any atom is -0.464 e. The van der Waals surface area contributed by atoms with Gasteiger partial charge in [0.05, 0.1) is 12.8 Å². The second-order valence-corrected chi connectivity index (χ2v) is 7.62. The zero-order valence-corrected chi connectivity index (χ0v) is 15.9. The molecule has 9 nitrogen and oxygen atoms in total. The van der Waals surface area contributed by atoms with E-state index in [2.05, 4.69) is 10.1 Å². The average molecular weight is 376 g/mol. The first-order valence-electron chi connectivity index (χ1n) is 8.87. The third-order valence-electron chi connectivity index (χ3n) is 4.44. The van der Waals surface area contributed by atoms with Crippen LogP contribution in [0, 0.1) is 0 Å². The second kappa shape index (κ2) is 7.05. The van der Waals surface area contributed by atoms with Gasteiger partial charge >= 0.3 is 12.1 Å². The number of nitrogens with one attached hydrogen (secondary N) is 1. The van der Waals surface area contributed by atoms with Gasteiger partial charge in [-0.25, -0.2) is 14.1 Å². The molecule has 0 aliphatic carbocycles. The quantitative estimate of drug-likeness (QED) is 0.803. The Bertz CT molecular complexity index is 916. The number of fused-ring (bicyclic) bond motifs is 1. The summed E-state index contributed by atoms with van der Waals surface area (Å²) in [6.45, 7) is 6.56. The van der Waals surface area contributed by atoms with E-state index >= 15 is 0 Å². The summed E-state index contributed by atoms with van der Waals surface area (Å²) < 4.78 is 11.7. The van der Waals surface area contributed by atoms with E-state index < -0.39 is 11.6 Å². The Kier molecular flexibility index (Phi) is 4.95. The number of rotatable bonds is 2. The van der Waals surface area contributed by atoms with E-state index in [1.54, 1.807) is 9.42 Å². The molecule has 146 valence electrons. The Morgan fingerprint density at radius 3 is 2.48 bits per heavy atom. The maximum absolute atomic E-state index is 12.2. The van der Waals surface area contributed by atoms with Crippen LogP contribution in [0.2, 0.25) is 0 Å². The van der Waals surface area contributed by atoms with Crippen LogP contribution in [0.4, 0.5) is 4.79 Å². The van der Waals surface area contributed by atoms with E-state index in [1.165, 1.54) is 19.2 Å². The molecule has 1 aliphatic rings. The van der Waals surface area contributed by atoms with Crippen LogP contribution >= 0.6 is 0 Å². The lowest BCUT2D eigenvalue weighted by Gasteiger charge is -2.33. The molecular formula is C18H24N4O5. The largest absolute Gasteiger partial charge is 0.464 e.